The molecule has 0 aliphatic rings. The number of hydrogen-bond acceptors (Lipinski definition) is 4. The van der Waals surface area contributed by atoms with Gasteiger partial charge in [-0.25, -0.2) is 13.2 Å². The standard InChI is InChI=1S/C31H26F3NO4/c32-26-15-16-27(33)31(34)25(26)18-30(37)35-28(20-38-19-22-7-3-1-4-8-22)29(36)17-21-11-13-24(14-12-21)39-23-9-5-2-6-10-23/h1-16,28H,17-20H2,(H,35,37). The van der Waals surface area contributed by atoms with Gasteiger partial charge in [-0.15, -0.1) is 0 Å². The van der Waals surface area contributed by atoms with E-state index in [1.54, 1.807) is 24.3 Å². The molecule has 39 heavy (non-hydrogen) atoms. The molecule has 0 heterocycles. The highest BCUT2D eigenvalue weighted by molar-refractivity contribution is 5.91. The van der Waals surface area contributed by atoms with Gasteiger partial charge in [0.2, 0.25) is 5.91 Å². The maximum atomic E-state index is 14.1. The van der Waals surface area contributed by atoms with Crippen molar-refractivity contribution in [1.29, 1.82) is 0 Å². The van der Waals surface area contributed by atoms with E-state index in [0.717, 1.165) is 11.6 Å². The van der Waals surface area contributed by atoms with Gasteiger partial charge in [0.05, 0.1) is 19.6 Å². The molecule has 0 saturated heterocycles. The summed E-state index contributed by atoms with van der Waals surface area (Å²) in [5.41, 5.74) is 0.829. The van der Waals surface area contributed by atoms with E-state index in [9.17, 15) is 22.8 Å². The van der Waals surface area contributed by atoms with Crippen molar-refractivity contribution < 1.29 is 32.2 Å². The molecule has 1 N–H and O–H groups in total. The summed E-state index contributed by atoms with van der Waals surface area (Å²) in [5.74, 6) is -3.70. The fourth-order valence-electron chi connectivity index (χ4n) is 3.85. The molecule has 1 unspecified atom stereocenters. The molecule has 0 aliphatic heterocycles. The Hall–Kier alpha value is -4.43. The SMILES string of the molecule is O=C(Cc1c(F)ccc(F)c1F)NC(COCc1ccccc1)C(=O)Cc1ccc(Oc2ccccc2)cc1. The van der Waals surface area contributed by atoms with Gasteiger partial charge < -0.3 is 14.8 Å². The molecular formula is C31H26F3NO4. The van der Waals surface area contributed by atoms with Crippen LogP contribution in [0, 0.1) is 17.5 Å². The van der Waals surface area contributed by atoms with Crippen LogP contribution >= 0.6 is 0 Å². The van der Waals surface area contributed by atoms with Crippen LogP contribution in [0.25, 0.3) is 0 Å². The number of Topliss-reactive ketones (excluding diaryl/α,β-unsaturated/α-hetero) is 1. The van der Waals surface area contributed by atoms with Gasteiger partial charge in [-0.2, -0.15) is 0 Å². The highest BCUT2D eigenvalue weighted by atomic mass is 19.2. The van der Waals surface area contributed by atoms with Crippen LogP contribution in [0.15, 0.2) is 97.1 Å². The Kier molecular flexibility index (Phi) is 9.48. The fourth-order valence-corrected chi connectivity index (χ4v) is 3.85. The third-order valence-electron chi connectivity index (χ3n) is 5.88. The van der Waals surface area contributed by atoms with Gasteiger partial charge in [-0.05, 0) is 47.5 Å². The summed E-state index contributed by atoms with van der Waals surface area (Å²) in [5, 5.41) is 2.50. The van der Waals surface area contributed by atoms with Gasteiger partial charge >= 0.3 is 0 Å². The van der Waals surface area contributed by atoms with Crippen molar-refractivity contribution in [2.24, 2.45) is 0 Å². The van der Waals surface area contributed by atoms with Gasteiger partial charge in [0.15, 0.2) is 17.4 Å². The Morgan fingerprint density at radius 2 is 1.31 bits per heavy atom. The maximum Gasteiger partial charge on any atom is 0.225 e. The van der Waals surface area contributed by atoms with Gasteiger partial charge in [0, 0.05) is 12.0 Å². The molecule has 8 heteroatoms. The molecule has 4 aromatic carbocycles. The number of benzene rings is 4. The minimum atomic E-state index is -1.44. The molecule has 200 valence electrons. The number of amides is 1. The summed E-state index contributed by atoms with van der Waals surface area (Å²) in [6.07, 6.45) is -0.808. The topological polar surface area (TPSA) is 64.6 Å². The zero-order valence-electron chi connectivity index (χ0n) is 20.9. The van der Waals surface area contributed by atoms with E-state index < -0.39 is 41.4 Å². The van der Waals surface area contributed by atoms with Gasteiger partial charge in [-0.3, -0.25) is 9.59 Å². The van der Waals surface area contributed by atoms with E-state index in [1.165, 1.54) is 0 Å². The summed E-state index contributed by atoms with van der Waals surface area (Å²) in [6, 6.07) is 25.7. The molecule has 0 bridgehead atoms. The minimum absolute atomic E-state index is 0.0338. The summed E-state index contributed by atoms with van der Waals surface area (Å²) >= 11 is 0. The number of halogens is 3. The van der Waals surface area contributed by atoms with Gasteiger partial charge in [0.25, 0.3) is 0 Å². The molecule has 0 aromatic heterocycles. The lowest BCUT2D eigenvalue weighted by atomic mass is 10.0. The average Bonchev–Trinajstić information content (AvgIpc) is 2.95. The Morgan fingerprint density at radius 3 is 2.00 bits per heavy atom. The van der Waals surface area contributed by atoms with E-state index in [1.807, 2.05) is 60.7 Å². The highest BCUT2D eigenvalue weighted by Gasteiger charge is 2.24. The van der Waals surface area contributed by atoms with Crippen molar-refractivity contribution in [3.05, 3.63) is 131 Å². The zero-order chi connectivity index (χ0) is 27.6. The molecule has 0 fully saturated rings. The number of rotatable bonds is 12. The third kappa shape index (κ3) is 8.02. The predicted octanol–water partition coefficient (Wildman–Crippen LogP) is 5.95. The van der Waals surface area contributed by atoms with Gasteiger partial charge in [0.1, 0.15) is 23.4 Å². The van der Waals surface area contributed by atoms with Crippen LogP contribution in [0.5, 0.6) is 11.5 Å². The van der Waals surface area contributed by atoms with E-state index in [4.69, 9.17) is 9.47 Å². The minimum Gasteiger partial charge on any atom is -0.457 e. The van der Waals surface area contributed by atoms with Crippen molar-refractivity contribution in [2.75, 3.05) is 6.61 Å². The lowest BCUT2D eigenvalue weighted by Gasteiger charge is -2.19. The molecular weight excluding hydrogens is 507 g/mol. The first-order chi connectivity index (χ1) is 18.9. The number of ether oxygens (including phenoxy) is 2. The summed E-state index contributed by atoms with van der Waals surface area (Å²) in [4.78, 5) is 25.8. The summed E-state index contributed by atoms with van der Waals surface area (Å²) < 4.78 is 53.1. The summed E-state index contributed by atoms with van der Waals surface area (Å²) in [6.45, 7) is 0.0297. The summed E-state index contributed by atoms with van der Waals surface area (Å²) in [7, 11) is 0. The number of carbonyl (C=O) groups excluding carboxylic acids is 2. The van der Waals surface area contributed by atoms with Crippen molar-refractivity contribution in [1.82, 2.24) is 5.32 Å². The van der Waals surface area contributed by atoms with Crippen molar-refractivity contribution >= 4 is 11.7 Å². The van der Waals surface area contributed by atoms with Gasteiger partial charge in [-0.1, -0.05) is 60.7 Å². The van der Waals surface area contributed by atoms with Crippen LogP contribution in [0.3, 0.4) is 0 Å². The molecule has 0 radical (unpaired) electrons. The first kappa shape index (κ1) is 27.6. The van der Waals surface area contributed by atoms with Crippen molar-refractivity contribution in [3.63, 3.8) is 0 Å². The molecule has 4 rings (SSSR count). The fraction of sp³-hybridized carbons (Fsp3) is 0.161. The van der Waals surface area contributed by atoms with Crippen LogP contribution in [-0.2, 0) is 33.8 Å². The van der Waals surface area contributed by atoms with Crippen molar-refractivity contribution in [2.45, 2.75) is 25.5 Å². The van der Waals surface area contributed by atoms with Crippen LogP contribution in [0.4, 0.5) is 13.2 Å². The number of nitrogens with one attached hydrogen (secondary N) is 1. The van der Waals surface area contributed by atoms with Crippen LogP contribution in [-0.4, -0.2) is 24.3 Å². The number of para-hydroxylation sites is 1. The Labute approximate surface area is 224 Å². The molecule has 0 spiro atoms. The van der Waals surface area contributed by atoms with Crippen LogP contribution < -0.4 is 10.1 Å². The molecule has 1 atom stereocenters. The number of hydrogen-bond donors (Lipinski definition) is 1. The molecule has 1 amide bonds. The second-order valence-electron chi connectivity index (χ2n) is 8.82. The normalized spacial score (nSPS) is 11.6. The third-order valence-corrected chi connectivity index (χ3v) is 5.88. The monoisotopic (exact) mass is 533 g/mol. The quantitative estimate of drug-likeness (QED) is 0.229. The second-order valence-corrected chi connectivity index (χ2v) is 8.82. The second kappa shape index (κ2) is 13.4. The molecule has 0 aliphatic carbocycles. The predicted molar refractivity (Wildman–Crippen MR) is 140 cm³/mol. The first-order valence-corrected chi connectivity index (χ1v) is 12.3. The Balaban J connectivity index is 1.42. The lowest BCUT2D eigenvalue weighted by molar-refractivity contribution is -0.128. The maximum absolute atomic E-state index is 14.1. The number of ketones is 1. The average molecular weight is 534 g/mol. The highest BCUT2D eigenvalue weighted by Crippen LogP contribution is 2.22. The van der Waals surface area contributed by atoms with Crippen LogP contribution in [0.1, 0.15) is 16.7 Å². The van der Waals surface area contributed by atoms with E-state index in [2.05, 4.69) is 5.32 Å². The van der Waals surface area contributed by atoms with Crippen LogP contribution in [0.2, 0.25) is 0 Å². The Morgan fingerprint density at radius 1 is 0.692 bits per heavy atom. The molecule has 5 nitrogen and oxygen atoms in total. The number of carbonyl (C=O) groups is 2. The Bertz CT molecular complexity index is 1400. The zero-order valence-corrected chi connectivity index (χ0v) is 20.9. The van der Waals surface area contributed by atoms with E-state index in [0.29, 0.717) is 23.1 Å². The largest absolute Gasteiger partial charge is 0.457 e. The van der Waals surface area contributed by atoms with E-state index >= 15 is 0 Å². The first-order valence-electron chi connectivity index (χ1n) is 12.3. The van der Waals surface area contributed by atoms with Crippen molar-refractivity contribution in [3.8, 4) is 11.5 Å². The molecule has 0 saturated carbocycles. The van der Waals surface area contributed by atoms with E-state index in [-0.39, 0.29) is 25.4 Å². The molecule has 4 aromatic rings. The smallest absolute Gasteiger partial charge is 0.225 e. The lowest BCUT2D eigenvalue weighted by Crippen LogP contribution is -2.45.